The summed E-state index contributed by atoms with van der Waals surface area (Å²) in [5.41, 5.74) is 0.166. The van der Waals surface area contributed by atoms with Gasteiger partial charge in [0.1, 0.15) is 11.8 Å². The van der Waals surface area contributed by atoms with Gasteiger partial charge in [-0.1, -0.05) is 15.9 Å². The number of pyridine rings is 1. The second kappa shape index (κ2) is 5.53. The Balaban J connectivity index is 3.37. The number of nitriles is 2. The van der Waals surface area contributed by atoms with Gasteiger partial charge in [-0.2, -0.15) is 10.5 Å². The van der Waals surface area contributed by atoms with Crippen molar-refractivity contribution in [3.05, 3.63) is 28.6 Å². The van der Waals surface area contributed by atoms with Crippen LogP contribution in [0, 0.1) is 22.7 Å². The van der Waals surface area contributed by atoms with Crippen molar-refractivity contribution in [3.63, 3.8) is 0 Å². The van der Waals surface area contributed by atoms with Crippen molar-refractivity contribution in [2.24, 2.45) is 0 Å². The fourth-order valence-corrected chi connectivity index (χ4v) is 1.66. The topological polar surface area (TPSA) is 60.5 Å². The van der Waals surface area contributed by atoms with Gasteiger partial charge < -0.3 is 0 Å². The van der Waals surface area contributed by atoms with Gasteiger partial charge in [0, 0.05) is 5.33 Å². The zero-order chi connectivity index (χ0) is 12.1. The molecule has 1 aromatic heterocycles. The highest BCUT2D eigenvalue weighted by atomic mass is 79.9. The molecule has 0 N–H and O–H groups in total. The van der Waals surface area contributed by atoms with Crippen molar-refractivity contribution < 1.29 is 8.78 Å². The van der Waals surface area contributed by atoms with Gasteiger partial charge in [-0.05, 0) is 11.6 Å². The summed E-state index contributed by atoms with van der Waals surface area (Å²) in [6.45, 7) is 0. The van der Waals surface area contributed by atoms with Crippen LogP contribution in [-0.2, 0) is 11.8 Å². The first-order chi connectivity index (χ1) is 7.63. The fourth-order valence-electron chi connectivity index (χ4n) is 1.21. The zero-order valence-corrected chi connectivity index (χ0v) is 9.63. The number of aromatic nitrogens is 1. The first kappa shape index (κ1) is 12.5. The lowest BCUT2D eigenvalue weighted by atomic mass is 10.1. The summed E-state index contributed by atoms with van der Waals surface area (Å²) in [5.74, 6) is 0. The molecular weight excluding hydrogens is 280 g/mol. The molecule has 0 amide bonds. The summed E-state index contributed by atoms with van der Waals surface area (Å²) in [5, 5.41) is 17.5. The number of halogens is 3. The molecular formula is C10H6BrF2N3. The molecule has 1 heterocycles. The number of rotatable bonds is 3. The van der Waals surface area contributed by atoms with E-state index in [1.165, 1.54) is 6.07 Å². The Hall–Kier alpha value is -1.53. The van der Waals surface area contributed by atoms with Crippen LogP contribution in [0.5, 0.6) is 0 Å². The van der Waals surface area contributed by atoms with Crippen molar-refractivity contribution in [1.82, 2.24) is 4.98 Å². The van der Waals surface area contributed by atoms with Crippen molar-refractivity contribution in [3.8, 4) is 12.1 Å². The third-order valence-electron chi connectivity index (χ3n) is 1.93. The van der Waals surface area contributed by atoms with Crippen LogP contribution in [0.2, 0.25) is 0 Å². The Labute approximate surface area is 99.5 Å². The molecule has 0 aliphatic rings. The van der Waals surface area contributed by atoms with Gasteiger partial charge in [0.2, 0.25) is 0 Å². The van der Waals surface area contributed by atoms with Crippen LogP contribution in [0.15, 0.2) is 6.07 Å². The van der Waals surface area contributed by atoms with Crippen molar-refractivity contribution >= 4 is 15.9 Å². The first-order valence-corrected chi connectivity index (χ1v) is 5.40. The largest absolute Gasteiger partial charge is 0.280 e. The number of nitrogens with zero attached hydrogens (tertiary/aromatic N) is 3. The smallest absolute Gasteiger partial charge is 0.249 e. The SMILES string of the molecule is N#CCc1nc(C(F)F)c(CBr)cc1C#N. The Morgan fingerprint density at radius 3 is 2.56 bits per heavy atom. The maximum absolute atomic E-state index is 12.6. The summed E-state index contributed by atoms with van der Waals surface area (Å²) in [6, 6.07) is 4.98. The quantitative estimate of drug-likeness (QED) is 0.803. The van der Waals surface area contributed by atoms with Crippen LogP contribution in [-0.4, -0.2) is 4.98 Å². The van der Waals surface area contributed by atoms with Crippen LogP contribution in [0.1, 0.15) is 28.9 Å². The van der Waals surface area contributed by atoms with E-state index < -0.39 is 6.43 Å². The Morgan fingerprint density at radius 1 is 1.44 bits per heavy atom. The van der Waals surface area contributed by atoms with Gasteiger partial charge in [0.25, 0.3) is 6.43 Å². The van der Waals surface area contributed by atoms with Crippen molar-refractivity contribution in [2.45, 2.75) is 18.2 Å². The summed E-state index contributed by atoms with van der Waals surface area (Å²) < 4.78 is 25.2. The maximum atomic E-state index is 12.6. The molecule has 82 valence electrons. The zero-order valence-electron chi connectivity index (χ0n) is 8.04. The number of hydrogen-bond acceptors (Lipinski definition) is 3. The predicted molar refractivity (Wildman–Crippen MR) is 55.9 cm³/mol. The molecule has 0 bridgehead atoms. The summed E-state index contributed by atoms with van der Waals surface area (Å²) >= 11 is 3.06. The minimum absolute atomic E-state index is 0.102. The van der Waals surface area contributed by atoms with Gasteiger partial charge in [-0.15, -0.1) is 0 Å². The maximum Gasteiger partial charge on any atom is 0.280 e. The fraction of sp³-hybridized carbons (Fsp3) is 0.300. The van der Waals surface area contributed by atoms with Gasteiger partial charge in [-0.3, -0.25) is 0 Å². The lowest BCUT2D eigenvalue weighted by Gasteiger charge is -2.08. The first-order valence-electron chi connectivity index (χ1n) is 4.27. The molecule has 0 unspecified atom stereocenters. The summed E-state index contributed by atoms with van der Waals surface area (Å²) in [4.78, 5) is 3.68. The summed E-state index contributed by atoms with van der Waals surface area (Å²) in [7, 11) is 0. The lowest BCUT2D eigenvalue weighted by molar-refractivity contribution is 0.145. The molecule has 3 nitrogen and oxygen atoms in total. The van der Waals surface area contributed by atoms with E-state index in [9.17, 15) is 8.78 Å². The average molecular weight is 286 g/mol. The molecule has 0 atom stereocenters. The van der Waals surface area contributed by atoms with E-state index in [0.29, 0.717) is 0 Å². The standard InChI is InChI=1S/C10H6BrF2N3/c11-4-6-3-7(5-15)8(1-2-14)16-9(6)10(12)13/h3,10H,1,4H2. The second-order valence-corrected chi connectivity index (χ2v) is 3.47. The van der Waals surface area contributed by atoms with Crippen LogP contribution >= 0.6 is 15.9 Å². The molecule has 0 aliphatic heterocycles. The van der Waals surface area contributed by atoms with Crippen LogP contribution in [0.4, 0.5) is 8.78 Å². The van der Waals surface area contributed by atoms with E-state index in [-0.39, 0.29) is 34.3 Å². The Morgan fingerprint density at radius 2 is 2.12 bits per heavy atom. The van der Waals surface area contributed by atoms with Crippen molar-refractivity contribution in [2.75, 3.05) is 0 Å². The molecule has 1 aromatic rings. The molecule has 1 rings (SSSR count). The monoisotopic (exact) mass is 285 g/mol. The minimum atomic E-state index is -2.71. The predicted octanol–water partition coefficient (Wildman–Crippen LogP) is 2.85. The van der Waals surface area contributed by atoms with Crippen LogP contribution in [0.25, 0.3) is 0 Å². The summed E-state index contributed by atoms with van der Waals surface area (Å²) in [6.07, 6.45) is -2.86. The van der Waals surface area contributed by atoms with Crippen LogP contribution in [0.3, 0.4) is 0 Å². The van der Waals surface area contributed by atoms with Crippen LogP contribution < -0.4 is 0 Å². The van der Waals surface area contributed by atoms with Gasteiger partial charge in [0.05, 0.1) is 23.7 Å². The third kappa shape index (κ3) is 2.53. The molecule has 0 aromatic carbocycles. The van der Waals surface area contributed by atoms with E-state index >= 15 is 0 Å². The normalized spacial score (nSPS) is 9.88. The molecule has 0 radical (unpaired) electrons. The van der Waals surface area contributed by atoms with E-state index in [2.05, 4.69) is 20.9 Å². The average Bonchev–Trinajstić information content (AvgIpc) is 2.28. The highest BCUT2D eigenvalue weighted by Gasteiger charge is 2.17. The number of alkyl halides is 3. The van der Waals surface area contributed by atoms with Gasteiger partial charge in [0.15, 0.2) is 0 Å². The minimum Gasteiger partial charge on any atom is -0.249 e. The van der Waals surface area contributed by atoms with E-state index in [4.69, 9.17) is 10.5 Å². The van der Waals surface area contributed by atoms with E-state index in [1.54, 1.807) is 6.07 Å². The number of hydrogen-bond donors (Lipinski definition) is 0. The molecule has 16 heavy (non-hydrogen) atoms. The van der Waals surface area contributed by atoms with Gasteiger partial charge in [-0.25, -0.2) is 13.8 Å². The lowest BCUT2D eigenvalue weighted by Crippen LogP contribution is -2.03. The highest BCUT2D eigenvalue weighted by molar-refractivity contribution is 9.08. The van der Waals surface area contributed by atoms with Gasteiger partial charge >= 0.3 is 0 Å². The second-order valence-electron chi connectivity index (χ2n) is 2.91. The van der Waals surface area contributed by atoms with E-state index in [1.807, 2.05) is 6.07 Å². The molecule has 0 saturated carbocycles. The Bertz CT molecular complexity index is 474. The molecule has 0 fully saturated rings. The molecule has 0 saturated heterocycles. The third-order valence-corrected chi connectivity index (χ3v) is 2.54. The molecule has 0 aliphatic carbocycles. The Kier molecular flexibility index (Phi) is 4.33. The van der Waals surface area contributed by atoms with E-state index in [0.717, 1.165) is 0 Å². The van der Waals surface area contributed by atoms with Crippen molar-refractivity contribution in [1.29, 1.82) is 10.5 Å². The molecule has 0 spiro atoms. The highest BCUT2D eigenvalue weighted by Crippen LogP contribution is 2.25. The molecule has 6 heteroatoms.